The van der Waals surface area contributed by atoms with E-state index in [-0.39, 0.29) is 6.54 Å². The molecule has 9 heteroatoms. The van der Waals surface area contributed by atoms with Crippen molar-refractivity contribution in [3.63, 3.8) is 0 Å². The molecule has 28 heavy (non-hydrogen) atoms. The first kappa shape index (κ1) is 21.6. The van der Waals surface area contributed by atoms with Crippen molar-refractivity contribution in [2.45, 2.75) is 19.3 Å². The predicted molar refractivity (Wildman–Crippen MR) is 101 cm³/mol. The molecule has 0 bridgehead atoms. The van der Waals surface area contributed by atoms with Crippen LogP contribution < -0.4 is 16.0 Å². The second-order valence-corrected chi connectivity index (χ2v) is 7.14. The van der Waals surface area contributed by atoms with Gasteiger partial charge < -0.3 is 16.0 Å². The van der Waals surface area contributed by atoms with Gasteiger partial charge in [0.15, 0.2) is 17.5 Å². The SMILES string of the molecule is CC(C)(CNC(=O)NCC(=O)Nc1ccc(F)c(F)c1F)c1cccc(Cl)c1. The van der Waals surface area contributed by atoms with Crippen LogP contribution in [0.2, 0.25) is 5.02 Å². The van der Waals surface area contributed by atoms with Crippen LogP contribution in [0.25, 0.3) is 0 Å². The number of benzene rings is 2. The molecular formula is C19H19ClF3N3O2. The lowest BCUT2D eigenvalue weighted by atomic mass is 9.85. The third-order valence-electron chi connectivity index (χ3n) is 4.02. The fraction of sp³-hybridized carbons (Fsp3) is 0.263. The Hall–Kier alpha value is -2.74. The Balaban J connectivity index is 1.84. The Labute approximate surface area is 165 Å². The molecule has 0 spiro atoms. The van der Waals surface area contributed by atoms with Crippen molar-refractivity contribution in [1.29, 1.82) is 0 Å². The maximum absolute atomic E-state index is 13.5. The van der Waals surface area contributed by atoms with Gasteiger partial charge in [-0.25, -0.2) is 18.0 Å². The number of amides is 3. The topological polar surface area (TPSA) is 70.2 Å². The average molecular weight is 414 g/mol. The second-order valence-electron chi connectivity index (χ2n) is 6.70. The van der Waals surface area contributed by atoms with Crippen molar-refractivity contribution >= 4 is 29.2 Å². The lowest BCUT2D eigenvalue weighted by Crippen LogP contribution is -2.44. The molecule has 2 rings (SSSR count). The summed E-state index contributed by atoms with van der Waals surface area (Å²) in [5.41, 5.74) is -0.0146. The van der Waals surface area contributed by atoms with E-state index in [1.807, 2.05) is 19.9 Å². The van der Waals surface area contributed by atoms with Crippen LogP contribution in [0.3, 0.4) is 0 Å². The molecule has 0 saturated heterocycles. The van der Waals surface area contributed by atoms with Gasteiger partial charge in [0.1, 0.15) is 0 Å². The Morgan fingerprint density at radius 2 is 1.75 bits per heavy atom. The van der Waals surface area contributed by atoms with Gasteiger partial charge in [-0.3, -0.25) is 4.79 Å². The van der Waals surface area contributed by atoms with E-state index in [9.17, 15) is 22.8 Å². The van der Waals surface area contributed by atoms with E-state index in [0.717, 1.165) is 11.6 Å². The Morgan fingerprint density at radius 1 is 1.04 bits per heavy atom. The van der Waals surface area contributed by atoms with E-state index in [1.165, 1.54) is 0 Å². The molecule has 0 aromatic heterocycles. The summed E-state index contributed by atoms with van der Waals surface area (Å²) in [4.78, 5) is 23.7. The molecule has 150 valence electrons. The molecule has 3 N–H and O–H groups in total. The lowest BCUT2D eigenvalue weighted by Gasteiger charge is -2.26. The van der Waals surface area contributed by atoms with Crippen molar-refractivity contribution in [2.24, 2.45) is 0 Å². The van der Waals surface area contributed by atoms with Gasteiger partial charge in [0.2, 0.25) is 5.91 Å². The summed E-state index contributed by atoms with van der Waals surface area (Å²) in [7, 11) is 0. The van der Waals surface area contributed by atoms with Gasteiger partial charge in [0.25, 0.3) is 0 Å². The lowest BCUT2D eigenvalue weighted by molar-refractivity contribution is -0.115. The number of hydrogen-bond acceptors (Lipinski definition) is 2. The summed E-state index contributed by atoms with van der Waals surface area (Å²) in [5.74, 6) is -5.36. The molecule has 2 aromatic carbocycles. The minimum absolute atomic E-state index is 0.262. The smallest absolute Gasteiger partial charge is 0.315 e. The number of halogens is 4. The summed E-state index contributed by atoms with van der Waals surface area (Å²) in [6.45, 7) is 3.61. The van der Waals surface area contributed by atoms with Crippen molar-refractivity contribution < 1.29 is 22.8 Å². The molecular weight excluding hydrogens is 395 g/mol. The van der Waals surface area contributed by atoms with Crippen LogP contribution in [0, 0.1) is 17.5 Å². The number of carbonyl (C=O) groups is 2. The third kappa shape index (κ3) is 5.63. The number of nitrogens with one attached hydrogen (secondary N) is 3. The molecule has 0 unspecified atom stereocenters. The van der Waals surface area contributed by atoms with Gasteiger partial charge in [0, 0.05) is 17.0 Å². The second kappa shape index (κ2) is 8.97. The van der Waals surface area contributed by atoms with Gasteiger partial charge in [-0.1, -0.05) is 37.6 Å². The molecule has 0 saturated carbocycles. The van der Waals surface area contributed by atoms with E-state index in [4.69, 9.17) is 11.6 Å². The van der Waals surface area contributed by atoms with Crippen LogP contribution >= 0.6 is 11.6 Å². The van der Waals surface area contributed by atoms with Gasteiger partial charge in [-0.2, -0.15) is 0 Å². The highest BCUT2D eigenvalue weighted by molar-refractivity contribution is 6.30. The first-order valence-corrected chi connectivity index (χ1v) is 8.69. The zero-order valence-electron chi connectivity index (χ0n) is 15.2. The molecule has 0 heterocycles. The highest BCUT2D eigenvalue weighted by Crippen LogP contribution is 2.24. The molecule has 0 radical (unpaired) electrons. The first-order chi connectivity index (χ1) is 13.1. The van der Waals surface area contributed by atoms with Crippen LogP contribution in [0.4, 0.5) is 23.7 Å². The fourth-order valence-corrected chi connectivity index (χ4v) is 2.54. The van der Waals surface area contributed by atoms with E-state index in [1.54, 1.807) is 18.2 Å². The average Bonchev–Trinajstić information content (AvgIpc) is 2.65. The molecule has 0 aliphatic carbocycles. The Kier molecular flexibility index (Phi) is 6.90. The monoisotopic (exact) mass is 413 g/mol. The zero-order valence-corrected chi connectivity index (χ0v) is 16.0. The van der Waals surface area contributed by atoms with Gasteiger partial charge in [-0.15, -0.1) is 0 Å². The molecule has 0 fully saturated rings. The molecule has 0 aliphatic rings. The first-order valence-electron chi connectivity index (χ1n) is 8.31. The van der Waals surface area contributed by atoms with Crippen molar-refractivity contribution in [3.8, 4) is 0 Å². The van der Waals surface area contributed by atoms with Crippen LogP contribution in [0.1, 0.15) is 19.4 Å². The number of rotatable bonds is 6. The van der Waals surface area contributed by atoms with Gasteiger partial charge in [0.05, 0.1) is 12.2 Å². The number of hydrogen-bond donors (Lipinski definition) is 3. The van der Waals surface area contributed by atoms with Crippen LogP contribution in [-0.2, 0) is 10.2 Å². The molecule has 0 atom stereocenters. The van der Waals surface area contributed by atoms with Gasteiger partial charge >= 0.3 is 6.03 Å². The molecule has 5 nitrogen and oxygen atoms in total. The van der Waals surface area contributed by atoms with Crippen molar-refractivity contribution in [3.05, 3.63) is 64.4 Å². The quantitative estimate of drug-likeness (QED) is 0.627. The van der Waals surface area contributed by atoms with Gasteiger partial charge in [-0.05, 0) is 29.8 Å². The fourth-order valence-electron chi connectivity index (χ4n) is 2.35. The van der Waals surface area contributed by atoms with E-state index < -0.39 is 47.0 Å². The van der Waals surface area contributed by atoms with E-state index >= 15 is 0 Å². The van der Waals surface area contributed by atoms with Crippen molar-refractivity contribution in [2.75, 3.05) is 18.4 Å². The predicted octanol–water partition coefficient (Wildman–Crippen LogP) is 3.97. The number of urea groups is 1. The Morgan fingerprint density at radius 3 is 2.43 bits per heavy atom. The van der Waals surface area contributed by atoms with Crippen molar-refractivity contribution in [1.82, 2.24) is 10.6 Å². The maximum Gasteiger partial charge on any atom is 0.315 e. The number of anilines is 1. The van der Waals surface area contributed by atoms with Crippen LogP contribution in [-0.4, -0.2) is 25.0 Å². The van der Waals surface area contributed by atoms with Crippen LogP contribution in [0.5, 0.6) is 0 Å². The molecule has 2 aromatic rings. The number of carbonyl (C=O) groups excluding carboxylic acids is 2. The Bertz CT molecular complexity index is 891. The maximum atomic E-state index is 13.5. The minimum atomic E-state index is -1.69. The highest BCUT2D eigenvalue weighted by atomic mass is 35.5. The minimum Gasteiger partial charge on any atom is -0.337 e. The summed E-state index contributed by atoms with van der Waals surface area (Å²) in [6.07, 6.45) is 0. The summed E-state index contributed by atoms with van der Waals surface area (Å²) >= 11 is 5.98. The zero-order chi connectivity index (χ0) is 20.9. The summed E-state index contributed by atoms with van der Waals surface area (Å²) < 4.78 is 39.5. The summed E-state index contributed by atoms with van der Waals surface area (Å²) in [5, 5.41) is 7.58. The standard InChI is InChI=1S/C19H19ClF3N3O2/c1-19(2,11-4-3-5-12(20)8-11)10-25-18(28)24-9-15(27)26-14-7-6-13(21)16(22)17(14)23/h3-8H,9-10H2,1-2H3,(H,26,27)(H2,24,25,28). The molecule has 0 aliphatic heterocycles. The van der Waals surface area contributed by atoms with E-state index in [2.05, 4.69) is 16.0 Å². The normalized spacial score (nSPS) is 11.1. The molecule has 3 amide bonds. The third-order valence-corrected chi connectivity index (χ3v) is 4.25. The van der Waals surface area contributed by atoms with E-state index in [0.29, 0.717) is 11.1 Å². The van der Waals surface area contributed by atoms with Crippen LogP contribution in [0.15, 0.2) is 36.4 Å². The largest absolute Gasteiger partial charge is 0.337 e. The summed E-state index contributed by atoms with van der Waals surface area (Å²) in [6, 6.07) is 8.19. The highest BCUT2D eigenvalue weighted by Gasteiger charge is 2.22.